The van der Waals surface area contributed by atoms with Crippen molar-refractivity contribution in [2.75, 3.05) is 6.54 Å². The Bertz CT molecular complexity index is 266. The molecule has 0 bridgehead atoms. The summed E-state index contributed by atoms with van der Waals surface area (Å²) in [4.78, 5) is 2.34. The van der Waals surface area contributed by atoms with E-state index in [1.807, 2.05) is 12.1 Å². The molecule has 0 saturated heterocycles. The quantitative estimate of drug-likeness (QED) is 0.713. The molecule has 14 heavy (non-hydrogen) atoms. The molecule has 0 heterocycles. The van der Waals surface area contributed by atoms with E-state index in [2.05, 4.69) is 25.7 Å². The van der Waals surface area contributed by atoms with Gasteiger partial charge in [0.25, 0.3) is 0 Å². The van der Waals surface area contributed by atoms with E-state index in [4.69, 9.17) is 0 Å². The van der Waals surface area contributed by atoms with Crippen LogP contribution in [0.25, 0.3) is 0 Å². The number of hydrogen-bond acceptors (Lipinski definition) is 1. The minimum atomic E-state index is -0.165. The van der Waals surface area contributed by atoms with Gasteiger partial charge in [-0.1, -0.05) is 19.1 Å². The zero-order valence-corrected chi connectivity index (χ0v) is 9.13. The molecule has 2 heteroatoms. The van der Waals surface area contributed by atoms with Crippen LogP contribution in [0, 0.1) is 5.82 Å². The van der Waals surface area contributed by atoms with Gasteiger partial charge in [-0.25, -0.2) is 4.39 Å². The third-order valence-electron chi connectivity index (χ3n) is 2.44. The van der Waals surface area contributed by atoms with Crippen molar-refractivity contribution in [3.63, 3.8) is 0 Å². The molecule has 0 amide bonds. The first-order valence-electron chi connectivity index (χ1n) is 5.12. The number of benzene rings is 1. The summed E-state index contributed by atoms with van der Waals surface area (Å²) in [5.41, 5.74) is 1.17. The molecule has 0 saturated carbocycles. The normalized spacial score (nSPS) is 11.3. The molecular weight excluding hydrogens is 177 g/mol. The lowest BCUT2D eigenvalue weighted by Crippen LogP contribution is -2.29. The van der Waals surface area contributed by atoms with E-state index >= 15 is 0 Å². The van der Waals surface area contributed by atoms with Gasteiger partial charge in [0.15, 0.2) is 0 Å². The molecular formula is C12H18FN. The van der Waals surface area contributed by atoms with Crippen molar-refractivity contribution >= 4 is 0 Å². The number of hydrogen-bond donors (Lipinski definition) is 0. The summed E-state index contributed by atoms with van der Waals surface area (Å²) < 4.78 is 12.7. The van der Waals surface area contributed by atoms with Crippen LogP contribution in [0.5, 0.6) is 0 Å². The maximum atomic E-state index is 12.7. The molecule has 1 aromatic rings. The SMILES string of the molecule is CCN(Cc1ccc(F)cc1)C(C)C. The Labute approximate surface area is 85.5 Å². The highest BCUT2D eigenvalue weighted by Gasteiger charge is 2.06. The average molecular weight is 195 g/mol. The van der Waals surface area contributed by atoms with Crippen molar-refractivity contribution in [3.8, 4) is 0 Å². The summed E-state index contributed by atoms with van der Waals surface area (Å²) in [5.74, 6) is -0.165. The summed E-state index contributed by atoms with van der Waals surface area (Å²) in [5, 5.41) is 0. The van der Waals surface area contributed by atoms with Gasteiger partial charge in [0.05, 0.1) is 0 Å². The van der Waals surface area contributed by atoms with Gasteiger partial charge in [0, 0.05) is 12.6 Å². The first kappa shape index (κ1) is 11.2. The zero-order valence-electron chi connectivity index (χ0n) is 9.13. The van der Waals surface area contributed by atoms with Crippen LogP contribution in [0.3, 0.4) is 0 Å². The van der Waals surface area contributed by atoms with E-state index in [-0.39, 0.29) is 5.82 Å². The molecule has 0 aromatic heterocycles. The Kier molecular flexibility index (Phi) is 4.08. The van der Waals surface area contributed by atoms with Crippen molar-refractivity contribution in [2.45, 2.75) is 33.4 Å². The molecule has 0 fully saturated rings. The Morgan fingerprint density at radius 1 is 1.21 bits per heavy atom. The molecule has 0 aliphatic carbocycles. The number of halogens is 1. The smallest absolute Gasteiger partial charge is 0.123 e. The third kappa shape index (κ3) is 3.11. The number of nitrogens with zero attached hydrogens (tertiary/aromatic N) is 1. The van der Waals surface area contributed by atoms with Crippen LogP contribution >= 0.6 is 0 Å². The predicted molar refractivity (Wildman–Crippen MR) is 57.6 cm³/mol. The first-order valence-corrected chi connectivity index (χ1v) is 5.12. The Balaban J connectivity index is 2.63. The monoisotopic (exact) mass is 195 g/mol. The van der Waals surface area contributed by atoms with E-state index < -0.39 is 0 Å². The topological polar surface area (TPSA) is 3.24 Å². The van der Waals surface area contributed by atoms with Crippen LogP contribution in [0.4, 0.5) is 4.39 Å². The van der Waals surface area contributed by atoms with E-state index in [1.54, 1.807) is 0 Å². The molecule has 0 atom stereocenters. The van der Waals surface area contributed by atoms with Crippen molar-refractivity contribution in [2.24, 2.45) is 0 Å². The van der Waals surface area contributed by atoms with Crippen LogP contribution in [0.2, 0.25) is 0 Å². The molecule has 0 unspecified atom stereocenters. The van der Waals surface area contributed by atoms with Crippen molar-refractivity contribution in [1.82, 2.24) is 4.90 Å². The lowest BCUT2D eigenvalue weighted by atomic mass is 10.2. The second-order valence-electron chi connectivity index (χ2n) is 3.78. The van der Waals surface area contributed by atoms with Crippen molar-refractivity contribution < 1.29 is 4.39 Å². The molecule has 0 spiro atoms. The van der Waals surface area contributed by atoms with Gasteiger partial charge in [-0.2, -0.15) is 0 Å². The predicted octanol–water partition coefficient (Wildman–Crippen LogP) is 3.06. The Morgan fingerprint density at radius 2 is 1.79 bits per heavy atom. The van der Waals surface area contributed by atoms with Gasteiger partial charge in [-0.3, -0.25) is 4.90 Å². The maximum Gasteiger partial charge on any atom is 0.123 e. The minimum Gasteiger partial charge on any atom is -0.297 e. The molecule has 0 N–H and O–H groups in total. The van der Waals surface area contributed by atoms with Gasteiger partial charge in [0.2, 0.25) is 0 Å². The van der Waals surface area contributed by atoms with Gasteiger partial charge < -0.3 is 0 Å². The van der Waals surface area contributed by atoms with E-state index in [1.165, 1.54) is 17.7 Å². The van der Waals surface area contributed by atoms with Gasteiger partial charge in [-0.05, 0) is 38.1 Å². The molecule has 1 aromatic carbocycles. The zero-order chi connectivity index (χ0) is 10.6. The van der Waals surface area contributed by atoms with Gasteiger partial charge >= 0.3 is 0 Å². The fourth-order valence-corrected chi connectivity index (χ4v) is 1.48. The maximum absolute atomic E-state index is 12.7. The highest BCUT2D eigenvalue weighted by Crippen LogP contribution is 2.08. The molecule has 0 aliphatic heterocycles. The standard InChI is InChI=1S/C12H18FN/c1-4-14(10(2)3)9-11-5-7-12(13)8-6-11/h5-8,10H,4,9H2,1-3H3. The van der Waals surface area contributed by atoms with E-state index in [0.717, 1.165) is 13.1 Å². The number of rotatable bonds is 4. The third-order valence-corrected chi connectivity index (χ3v) is 2.44. The lowest BCUT2D eigenvalue weighted by molar-refractivity contribution is 0.225. The fraction of sp³-hybridized carbons (Fsp3) is 0.500. The molecule has 1 nitrogen and oxygen atoms in total. The second kappa shape index (κ2) is 5.11. The van der Waals surface area contributed by atoms with Gasteiger partial charge in [0.1, 0.15) is 5.82 Å². The molecule has 0 radical (unpaired) electrons. The van der Waals surface area contributed by atoms with E-state index in [0.29, 0.717) is 6.04 Å². The highest BCUT2D eigenvalue weighted by molar-refractivity contribution is 5.15. The van der Waals surface area contributed by atoms with Crippen LogP contribution < -0.4 is 0 Å². The lowest BCUT2D eigenvalue weighted by Gasteiger charge is -2.24. The van der Waals surface area contributed by atoms with Crippen molar-refractivity contribution in [3.05, 3.63) is 35.6 Å². The Hall–Kier alpha value is -0.890. The minimum absolute atomic E-state index is 0.165. The molecule has 1 rings (SSSR count). The van der Waals surface area contributed by atoms with Gasteiger partial charge in [-0.15, -0.1) is 0 Å². The molecule has 78 valence electrons. The van der Waals surface area contributed by atoms with Crippen LogP contribution in [0.1, 0.15) is 26.3 Å². The molecule has 0 aliphatic rings. The van der Waals surface area contributed by atoms with Crippen LogP contribution in [0.15, 0.2) is 24.3 Å². The largest absolute Gasteiger partial charge is 0.297 e. The Morgan fingerprint density at radius 3 is 2.21 bits per heavy atom. The summed E-state index contributed by atoms with van der Waals surface area (Å²) in [7, 11) is 0. The summed E-state index contributed by atoms with van der Waals surface area (Å²) in [6, 6.07) is 7.26. The summed E-state index contributed by atoms with van der Waals surface area (Å²) in [6.07, 6.45) is 0. The fourth-order valence-electron chi connectivity index (χ4n) is 1.48. The van der Waals surface area contributed by atoms with Crippen LogP contribution in [-0.4, -0.2) is 17.5 Å². The summed E-state index contributed by atoms with van der Waals surface area (Å²) in [6.45, 7) is 8.41. The van der Waals surface area contributed by atoms with Crippen molar-refractivity contribution in [1.29, 1.82) is 0 Å². The highest BCUT2D eigenvalue weighted by atomic mass is 19.1. The van der Waals surface area contributed by atoms with E-state index in [9.17, 15) is 4.39 Å². The first-order chi connectivity index (χ1) is 6.63. The summed E-state index contributed by atoms with van der Waals surface area (Å²) >= 11 is 0. The average Bonchev–Trinajstić information content (AvgIpc) is 2.16. The van der Waals surface area contributed by atoms with Crippen LogP contribution in [-0.2, 0) is 6.54 Å². The second-order valence-corrected chi connectivity index (χ2v) is 3.78.